The van der Waals surface area contributed by atoms with Gasteiger partial charge in [-0.25, -0.2) is 8.42 Å². The summed E-state index contributed by atoms with van der Waals surface area (Å²) in [5, 5.41) is 0. The molecule has 0 unspecified atom stereocenters. The van der Waals surface area contributed by atoms with E-state index in [0.29, 0.717) is 15.8 Å². The largest absolute Gasteiger partial charge is 0.311 e. The van der Waals surface area contributed by atoms with Gasteiger partial charge in [0.25, 0.3) is 0 Å². The third-order valence-electron chi connectivity index (χ3n) is 3.52. The molecule has 22 heavy (non-hydrogen) atoms. The fraction of sp³-hybridized carbons (Fsp3) is 0.267. The summed E-state index contributed by atoms with van der Waals surface area (Å²) in [5.74, 6) is -0.991. The molecule has 3 rings (SSSR count). The van der Waals surface area contributed by atoms with Crippen molar-refractivity contribution in [3.63, 3.8) is 0 Å². The number of benzene rings is 1. The molecular formula is C15H14ClNO3S2. The Balaban J connectivity index is 1.72. The highest BCUT2D eigenvalue weighted by molar-refractivity contribution is 7.91. The fourth-order valence-corrected chi connectivity index (χ4v) is 5.38. The number of fused-ring (bicyclic) bond motifs is 1. The highest BCUT2D eigenvalue weighted by Gasteiger charge is 2.28. The zero-order valence-electron chi connectivity index (χ0n) is 11.7. The van der Waals surface area contributed by atoms with Crippen molar-refractivity contribution in [3.05, 3.63) is 51.2 Å². The van der Waals surface area contributed by atoms with Crippen LogP contribution in [0, 0.1) is 0 Å². The second-order valence-corrected chi connectivity index (χ2v) is 9.03. The maximum atomic E-state index is 12.3. The summed E-state index contributed by atoms with van der Waals surface area (Å²) in [6.45, 7) is 0.540. The van der Waals surface area contributed by atoms with Gasteiger partial charge in [0.2, 0.25) is 5.91 Å². The topological polar surface area (TPSA) is 54.5 Å². The SMILES string of the molecule is O=C(CS(=O)(=O)Cc1ccc(Cl)s1)N1CCc2ccccc21. The van der Waals surface area contributed by atoms with E-state index in [2.05, 4.69) is 0 Å². The van der Waals surface area contributed by atoms with Gasteiger partial charge in [0.05, 0.1) is 10.1 Å². The average Bonchev–Trinajstić information content (AvgIpc) is 3.03. The first-order valence-corrected chi connectivity index (χ1v) is 9.79. The predicted molar refractivity (Wildman–Crippen MR) is 89.3 cm³/mol. The quantitative estimate of drug-likeness (QED) is 0.847. The van der Waals surface area contributed by atoms with Crippen LogP contribution in [0.3, 0.4) is 0 Å². The van der Waals surface area contributed by atoms with E-state index in [-0.39, 0.29) is 11.7 Å². The summed E-state index contributed by atoms with van der Waals surface area (Å²) in [6.07, 6.45) is 0.766. The van der Waals surface area contributed by atoms with Gasteiger partial charge in [-0.2, -0.15) is 0 Å². The lowest BCUT2D eigenvalue weighted by Crippen LogP contribution is -2.34. The number of carbonyl (C=O) groups excluding carboxylic acids is 1. The van der Waals surface area contributed by atoms with Crippen molar-refractivity contribution in [2.75, 3.05) is 17.2 Å². The normalized spacial score (nSPS) is 14.1. The zero-order valence-corrected chi connectivity index (χ0v) is 14.0. The molecule has 0 atom stereocenters. The molecule has 2 heterocycles. The molecule has 0 radical (unpaired) electrons. The van der Waals surface area contributed by atoms with Crippen molar-refractivity contribution in [1.29, 1.82) is 0 Å². The molecule has 116 valence electrons. The van der Waals surface area contributed by atoms with Crippen LogP contribution in [-0.2, 0) is 26.8 Å². The first-order valence-electron chi connectivity index (χ1n) is 6.77. The molecule has 2 aromatic rings. The minimum atomic E-state index is -3.50. The summed E-state index contributed by atoms with van der Waals surface area (Å²) in [5.41, 5.74) is 1.90. The Morgan fingerprint density at radius 1 is 1.23 bits per heavy atom. The van der Waals surface area contributed by atoms with Crippen LogP contribution in [0.25, 0.3) is 0 Å². The van der Waals surface area contributed by atoms with E-state index in [9.17, 15) is 13.2 Å². The van der Waals surface area contributed by atoms with Crippen molar-refractivity contribution in [2.24, 2.45) is 0 Å². The average molecular weight is 356 g/mol. The first-order chi connectivity index (χ1) is 10.4. The molecule has 1 amide bonds. The molecule has 7 heteroatoms. The lowest BCUT2D eigenvalue weighted by atomic mass is 10.2. The number of thiophene rings is 1. The second-order valence-electron chi connectivity index (χ2n) is 5.16. The van der Waals surface area contributed by atoms with Crippen LogP contribution in [0.2, 0.25) is 4.34 Å². The van der Waals surface area contributed by atoms with Gasteiger partial charge >= 0.3 is 0 Å². The van der Waals surface area contributed by atoms with Crippen LogP contribution in [0.1, 0.15) is 10.4 Å². The third kappa shape index (κ3) is 3.34. The number of carbonyl (C=O) groups is 1. The first kappa shape index (κ1) is 15.5. The van der Waals surface area contributed by atoms with Crippen LogP contribution in [0.5, 0.6) is 0 Å². The van der Waals surface area contributed by atoms with Gasteiger partial charge in [-0.15, -0.1) is 11.3 Å². The van der Waals surface area contributed by atoms with Crippen LogP contribution in [-0.4, -0.2) is 26.6 Å². The van der Waals surface area contributed by atoms with Crippen molar-refractivity contribution >= 4 is 44.4 Å². The van der Waals surface area contributed by atoms with E-state index in [4.69, 9.17) is 11.6 Å². The van der Waals surface area contributed by atoms with Crippen LogP contribution in [0.4, 0.5) is 5.69 Å². The summed E-state index contributed by atoms with van der Waals surface area (Å²) < 4.78 is 25.0. The zero-order chi connectivity index (χ0) is 15.7. The Morgan fingerprint density at radius 2 is 2.00 bits per heavy atom. The number of anilines is 1. The second kappa shape index (κ2) is 6.02. The molecule has 0 saturated heterocycles. The Labute approximate surface area is 138 Å². The smallest absolute Gasteiger partial charge is 0.242 e. The number of halogens is 1. The molecule has 0 N–H and O–H groups in total. The van der Waals surface area contributed by atoms with E-state index in [1.165, 1.54) is 11.3 Å². The fourth-order valence-electron chi connectivity index (χ4n) is 2.56. The number of para-hydroxylation sites is 1. The Kier molecular flexibility index (Phi) is 4.25. The van der Waals surface area contributed by atoms with Crippen LogP contribution in [0.15, 0.2) is 36.4 Å². The highest BCUT2D eigenvalue weighted by atomic mass is 35.5. The summed E-state index contributed by atoms with van der Waals surface area (Å²) in [7, 11) is -3.50. The molecule has 1 aliphatic heterocycles. The number of nitrogens with zero attached hydrogens (tertiary/aromatic N) is 1. The monoisotopic (exact) mass is 355 g/mol. The number of amides is 1. The molecule has 0 fully saturated rings. The summed E-state index contributed by atoms with van der Waals surface area (Å²) >= 11 is 7.03. The third-order valence-corrected chi connectivity index (χ3v) is 6.37. The number of sulfone groups is 1. The van der Waals surface area contributed by atoms with Gasteiger partial charge in [0, 0.05) is 17.1 Å². The van der Waals surface area contributed by atoms with Gasteiger partial charge < -0.3 is 4.90 Å². The molecule has 0 spiro atoms. The maximum absolute atomic E-state index is 12.3. The van der Waals surface area contributed by atoms with Gasteiger partial charge in [-0.1, -0.05) is 29.8 Å². The molecule has 1 aliphatic rings. The Morgan fingerprint density at radius 3 is 2.73 bits per heavy atom. The van der Waals surface area contributed by atoms with Gasteiger partial charge in [-0.05, 0) is 30.2 Å². The Bertz CT molecular complexity index is 814. The summed E-state index contributed by atoms with van der Waals surface area (Å²) in [4.78, 5) is 14.6. The van der Waals surface area contributed by atoms with E-state index in [1.807, 2.05) is 24.3 Å². The Hall–Kier alpha value is -1.37. The lowest BCUT2D eigenvalue weighted by molar-refractivity contribution is -0.116. The van der Waals surface area contributed by atoms with E-state index in [0.717, 1.165) is 17.7 Å². The van der Waals surface area contributed by atoms with Gasteiger partial charge in [0.15, 0.2) is 9.84 Å². The van der Waals surface area contributed by atoms with Gasteiger partial charge in [-0.3, -0.25) is 4.79 Å². The number of rotatable bonds is 4. The molecular weight excluding hydrogens is 342 g/mol. The molecule has 4 nitrogen and oxygen atoms in total. The van der Waals surface area contributed by atoms with Gasteiger partial charge in [0.1, 0.15) is 5.75 Å². The van der Waals surface area contributed by atoms with E-state index >= 15 is 0 Å². The van der Waals surface area contributed by atoms with Crippen molar-refractivity contribution in [3.8, 4) is 0 Å². The summed E-state index contributed by atoms with van der Waals surface area (Å²) in [6, 6.07) is 10.9. The minimum absolute atomic E-state index is 0.147. The maximum Gasteiger partial charge on any atom is 0.242 e. The van der Waals surface area contributed by atoms with Crippen LogP contribution < -0.4 is 4.90 Å². The van der Waals surface area contributed by atoms with E-state index < -0.39 is 15.6 Å². The number of hydrogen-bond acceptors (Lipinski definition) is 4. The van der Waals surface area contributed by atoms with Crippen molar-refractivity contribution in [2.45, 2.75) is 12.2 Å². The van der Waals surface area contributed by atoms with Crippen LogP contribution >= 0.6 is 22.9 Å². The molecule has 0 bridgehead atoms. The van der Waals surface area contributed by atoms with Crippen molar-refractivity contribution in [1.82, 2.24) is 0 Å². The lowest BCUT2D eigenvalue weighted by Gasteiger charge is -2.17. The molecule has 0 aliphatic carbocycles. The molecule has 0 saturated carbocycles. The molecule has 1 aromatic heterocycles. The standard InChI is InChI=1S/C15H14ClNO3S2/c16-14-6-5-12(21-14)9-22(19,20)10-15(18)17-8-7-11-3-1-2-4-13(11)17/h1-6H,7-10H2. The highest BCUT2D eigenvalue weighted by Crippen LogP contribution is 2.28. The minimum Gasteiger partial charge on any atom is -0.311 e. The van der Waals surface area contributed by atoms with E-state index in [1.54, 1.807) is 17.0 Å². The number of hydrogen-bond donors (Lipinski definition) is 0. The molecule has 1 aromatic carbocycles. The van der Waals surface area contributed by atoms with Crippen molar-refractivity contribution < 1.29 is 13.2 Å². The predicted octanol–water partition coefficient (Wildman–Crippen LogP) is 2.91.